The van der Waals surface area contributed by atoms with Crippen molar-refractivity contribution in [3.05, 3.63) is 106 Å². The van der Waals surface area contributed by atoms with E-state index in [0.717, 1.165) is 61.7 Å². The number of aromatic nitrogens is 4. The van der Waals surface area contributed by atoms with Gasteiger partial charge in [-0.15, -0.1) is 0 Å². The van der Waals surface area contributed by atoms with E-state index in [2.05, 4.69) is 88.9 Å². The van der Waals surface area contributed by atoms with Gasteiger partial charge in [-0.1, -0.05) is 206 Å². The van der Waals surface area contributed by atoms with Gasteiger partial charge in [-0.2, -0.15) is 0 Å². The normalized spacial score (nSPS) is 17.9. The van der Waals surface area contributed by atoms with Gasteiger partial charge in [-0.3, -0.25) is 0 Å². The maximum absolute atomic E-state index is 7.27. The highest BCUT2D eigenvalue weighted by Crippen LogP contribution is 2.41. The van der Waals surface area contributed by atoms with Gasteiger partial charge in [0, 0.05) is 36.6 Å². The Bertz CT molecular complexity index is 1900. The highest BCUT2D eigenvalue weighted by Gasteiger charge is 2.28. The predicted molar refractivity (Wildman–Crippen MR) is 321 cm³/mol. The Morgan fingerprint density at radius 3 is 0.920 bits per heavy atom. The first-order valence-corrected chi connectivity index (χ1v) is 32.6. The molecule has 0 bridgehead atoms. The fourth-order valence-corrected chi connectivity index (χ4v) is 12.6. The summed E-state index contributed by atoms with van der Waals surface area (Å²) < 4.78 is 7.27. The molecule has 2 fully saturated rings. The van der Waals surface area contributed by atoms with E-state index in [4.69, 9.17) is 24.7 Å². The molecule has 6 rings (SSSR count). The number of aryl methyl sites for hydroxylation is 4. The first-order valence-electron chi connectivity index (χ1n) is 32.6. The van der Waals surface area contributed by atoms with Gasteiger partial charge >= 0.3 is 0 Å². The van der Waals surface area contributed by atoms with Crippen LogP contribution in [0.4, 0.5) is 0 Å². The predicted octanol–water partition coefficient (Wildman–Crippen LogP) is 21.3. The molecular formula is C70H110N4O. The van der Waals surface area contributed by atoms with E-state index in [1.807, 2.05) is 0 Å². The lowest BCUT2D eigenvalue weighted by molar-refractivity contribution is 0.312. The Morgan fingerprint density at radius 2 is 0.613 bits per heavy atom. The van der Waals surface area contributed by atoms with Crippen molar-refractivity contribution in [1.29, 1.82) is 0 Å². The van der Waals surface area contributed by atoms with Crippen LogP contribution in [0.2, 0.25) is 0 Å². The lowest BCUT2D eigenvalue weighted by Crippen LogP contribution is -2.18. The Labute approximate surface area is 461 Å². The fourth-order valence-electron chi connectivity index (χ4n) is 12.6. The second kappa shape index (κ2) is 37.3. The molecule has 2 aliphatic rings. The summed E-state index contributed by atoms with van der Waals surface area (Å²) >= 11 is 0. The van der Waals surface area contributed by atoms with Gasteiger partial charge < -0.3 is 4.74 Å². The van der Waals surface area contributed by atoms with Gasteiger partial charge in [-0.05, 0) is 173 Å². The number of unbranched alkanes of at least 4 members (excludes halogenated alkanes) is 24. The number of ether oxygens (including phenoxy) is 1. The van der Waals surface area contributed by atoms with Crippen LogP contribution in [-0.4, -0.2) is 19.9 Å². The Kier molecular flexibility index (Phi) is 30.1. The quantitative estimate of drug-likeness (QED) is 0.0416. The first kappa shape index (κ1) is 60.6. The van der Waals surface area contributed by atoms with E-state index >= 15 is 0 Å². The summed E-state index contributed by atoms with van der Waals surface area (Å²) in [5.41, 5.74) is 8.41. The zero-order valence-corrected chi connectivity index (χ0v) is 49.0. The van der Waals surface area contributed by atoms with E-state index in [1.165, 1.54) is 265 Å². The average Bonchev–Trinajstić information content (AvgIpc) is 3.44. The lowest BCUT2D eigenvalue weighted by atomic mass is 9.78. The SMILES string of the molecule is CCCCCCCCCc1cnc(C2CCC(Cc3cc(CCCCCCCCC)ccc3Oc3ccc(CCCCCCCCC)cc3CC3CCC(c4ncc(CCCCCCCCC)cn4)CC3)CC2)nc1. The molecule has 0 atom stereocenters. The molecule has 5 nitrogen and oxygen atoms in total. The van der Waals surface area contributed by atoms with Crippen molar-refractivity contribution in [2.24, 2.45) is 11.8 Å². The van der Waals surface area contributed by atoms with E-state index in [1.54, 1.807) is 0 Å². The van der Waals surface area contributed by atoms with Gasteiger partial charge in [0.05, 0.1) is 0 Å². The molecule has 0 aliphatic heterocycles. The highest BCUT2D eigenvalue weighted by molar-refractivity contribution is 5.45. The topological polar surface area (TPSA) is 60.8 Å². The largest absolute Gasteiger partial charge is 0.457 e. The van der Waals surface area contributed by atoms with Crippen molar-refractivity contribution in [3.63, 3.8) is 0 Å². The summed E-state index contributed by atoms with van der Waals surface area (Å²) in [5, 5.41) is 0. The molecule has 2 saturated carbocycles. The molecular weight excluding hydrogens is 913 g/mol. The van der Waals surface area contributed by atoms with Crippen molar-refractivity contribution in [2.75, 3.05) is 0 Å². The molecule has 0 unspecified atom stereocenters. The second-order valence-corrected chi connectivity index (χ2v) is 24.2. The van der Waals surface area contributed by atoms with Crippen LogP contribution in [0.5, 0.6) is 11.5 Å². The molecule has 2 heterocycles. The number of benzene rings is 2. The van der Waals surface area contributed by atoms with Crippen LogP contribution in [0.3, 0.4) is 0 Å². The average molecular weight is 1020 g/mol. The van der Waals surface area contributed by atoms with Gasteiger partial charge in [0.25, 0.3) is 0 Å². The third-order valence-corrected chi connectivity index (χ3v) is 17.6. The van der Waals surface area contributed by atoms with Crippen molar-refractivity contribution in [2.45, 2.75) is 309 Å². The number of hydrogen-bond donors (Lipinski definition) is 0. The summed E-state index contributed by atoms with van der Waals surface area (Å²) in [4.78, 5) is 19.9. The van der Waals surface area contributed by atoms with E-state index in [0.29, 0.717) is 23.7 Å². The van der Waals surface area contributed by atoms with Crippen molar-refractivity contribution < 1.29 is 4.74 Å². The van der Waals surface area contributed by atoms with E-state index in [9.17, 15) is 0 Å². The van der Waals surface area contributed by atoms with Crippen LogP contribution in [0.1, 0.15) is 316 Å². The van der Waals surface area contributed by atoms with Gasteiger partial charge in [-0.25, -0.2) is 19.9 Å². The summed E-state index contributed by atoms with van der Waals surface area (Å²) in [7, 11) is 0. The molecule has 0 amide bonds. The lowest BCUT2D eigenvalue weighted by Gasteiger charge is -2.29. The van der Waals surface area contributed by atoms with Crippen molar-refractivity contribution in [1.82, 2.24) is 19.9 Å². The Morgan fingerprint density at radius 1 is 0.333 bits per heavy atom. The summed E-state index contributed by atoms with van der Waals surface area (Å²) in [6.45, 7) is 9.22. The van der Waals surface area contributed by atoms with E-state index < -0.39 is 0 Å². The van der Waals surface area contributed by atoms with Gasteiger partial charge in [0.1, 0.15) is 23.1 Å². The monoisotopic (exact) mass is 1020 g/mol. The zero-order chi connectivity index (χ0) is 52.4. The number of hydrogen-bond acceptors (Lipinski definition) is 5. The molecule has 2 aromatic heterocycles. The number of rotatable bonds is 40. The molecule has 0 saturated heterocycles. The van der Waals surface area contributed by atoms with Crippen molar-refractivity contribution in [3.8, 4) is 11.5 Å². The smallest absolute Gasteiger partial charge is 0.131 e. The molecule has 75 heavy (non-hydrogen) atoms. The minimum absolute atomic E-state index is 0.475. The standard InChI is InChI=1S/C70H110N4O/c1-5-9-13-17-21-25-29-33-57-41-47-67(65(49-57)51-59-37-43-63(44-38-59)69-71-53-61(54-72-69)35-31-27-23-19-15-11-7-3)75-68-48-42-58(34-30-26-22-18-14-10-6-2)50-66(68)52-60-39-45-64(46-40-60)70-73-55-62(56-74-70)36-32-28-24-20-16-12-8-4/h41-42,47-50,53-56,59-60,63-64H,5-40,43-46,51-52H2,1-4H3. The minimum atomic E-state index is 0.475. The van der Waals surface area contributed by atoms with Crippen LogP contribution >= 0.6 is 0 Å². The van der Waals surface area contributed by atoms with Crippen LogP contribution in [-0.2, 0) is 38.5 Å². The fraction of sp³-hybridized carbons (Fsp3) is 0.714. The van der Waals surface area contributed by atoms with E-state index in [-0.39, 0.29) is 0 Å². The Balaban J connectivity index is 1.09. The third-order valence-electron chi connectivity index (χ3n) is 17.6. The molecule has 2 aliphatic carbocycles. The molecule has 2 aromatic carbocycles. The molecule has 5 heteroatoms. The molecule has 0 N–H and O–H groups in total. The highest BCUT2D eigenvalue weighted by atomic mass is 16.5. The van der Waals surface area contributed by atoms with Gasteiger partial charge in [0.2, 0.25) is 0 Å². The molecule has 416 valence electrons. The minimum Gasteiger partial charge on any atom is -0.457 e. The second-order valence-electron chi connectivity index (χ2n) is 24.2. The van der Waals surface area contributed by atoms with Crippen molar-refractivity contribution >= 4 is 0 Å². The summed E-state index contributed by atoms with van der Waals surface area (Å²) in [6.07, 6.45) is 62.6. The van der Waals surface area contributed by atoms with Gasteiger partial charge in [0.15, 0.2) is 0 Å². The van der Waals surface area contributed by atoms with Crippen LogP contribution < -0.4 is 4.74 Å². The number of nitrogens with zero attached hydrogens (tertiary/aromatic N) is 4. The molecule has 4 aromatic rings. The Hall–Kier alpha value is -3.60. The van der Waals surface area contributed by atoms with Crippen LogP contribution in [0.15, 0.2) is 61.2 Å². The maximum Gasteiger partial charge on any atom is 0.131 e. The summed E-state index contributed by atoms with van der Waals surface area (Å²) in [6, 6.07) is 14.6. The molecule has 0 radical (unpaired) electrons. The van der Waals surface area contributed by atoms with Crippen LogP contribution in [0, 0.1) is 11.8 Å². The molecule has 0 spiro atoms. The first-order chi connectivity index (χ1) is 37.0. The zero-order valence-electron chi connectivity index (χ0n) is 49.0. The third kappa shape index (κ3) is 23.5. The summed E-state index contributed by atoms with van der Waals surface area (Å²) in [5.74, 6) is 6.56. The van der Waals surface area contributed by atoms with Crippen LogP contribution in [0.25, 0.3) is 0 Å². The maximum atomic E-state index is 7.27.